The molecule has 19 aromatic carbocycles. The Balaban J connectivity index is 0.878. The van der Waals surface area contributed by atoms with Gasteiger partial charge < -0.3 is 28.4 Å². The van der Waals surface area contributed by atoms with Crippen LogP contribution in [0.4, 0.5) is 51.2 Å². The van der Waals surface area contributed by atoms with Crippen LogP contribution >= 0.6 is 0 Å². The summed E-state index contributed by atoms with van der Waals surface area (Å²) in [5, 5.41) is 21.1. The van der Waals surface area contributed by atoms with E-state index < -0.39 is 0 Å². The van der Waals surface area contributed by atoms with E-state index in [1.165, 1.54) is 65.2 Å². The van der Waals surface area contributed by atoms with E-state index in [1.54, 1.807) is 0 Å². The van der Waals surface area contributed by atoms with Gasteiger partial charge in [-0.2, -0.15) is 0 Å². The van der Waals surface area contributed by atoms with Gasteiger partial charge in [0, 0.05) is 81.7 Å². The highest BCUT2D eigenvalue weighted by molar-refractivity contribution is 6.17. The van der Waals surface area contributed by atoms with Crippen molar-refractivity contribution in [3.63, 3.8) is 0 Å². The number of anilines is 9. The van der Waals surface area contributed by atoms with Gasteiger partial charge in [0.2, 0.25) is 0 Å². The fourth-order valence-electron chi connectivity index (χ4n) is 19.3. The van der Waals surface area contributed by atoms with Gasteiger partial charge in [0.05, 0.1) is 84.3 Å². The molecule has 0 bridgehead atoms. The van der Waals surface area contributed by atoms with Crippen molar-refractivity contribution in [3.05, 3.63) is 399 Å². The minimum atomic E-state index is -0.126. The number of hydrogen-bond acceptors (Lipinski definition) is 3. The monoisotopic (exact) mass is 1540 g/mol. The number of nitrogens with zero attached hydrogens (tertiary/aromatic N) is 6. The first-order valence-corrected chi connectivity index (χ1v) is 42.1. The maximum absolute atomic E-state index is 2.57. The molecule has 3 aromatic heterocycles. The lowest BCUT2D eigenvalue weighted by Gasteiger charge is -2.34. The molecule has 22 aromatic rings. The van der Waals surface area contributed by atoms with Gasteiger partial charge in [-0.1, -0.05) is 299 Å². The van der Waals surface area contributed by atoms with Crippen LogP contribution in [0.25, 0.3) is 147 Å². The fraction of sp³-hybridized carbons (Fsp3) is 0.105. The van der Waals surface area contributed by atoms with Crippen LogP contribution in [0, 0.1) is 0 Å². The molecule has 0 N–H and O–H groups in total. The molecule has 3 heterocycles. The quantitative estimate of drug-likeness (QED) is 0.122. The molecule has 0 radical (unpaired) electrons. The lowest BCUT2D eigenvalue weighted by Crippen LogP contribution is -2.17. The van der Waals surface area contributed by atoms with Crippen LogP contribution in [0.5, 0.6) is 0 Å². The minimum absolute atomic E-state index is 0.126. The topological polar surface area (TPSA) is 24.5 Å². The number of fused-ring (bicyclic) bond motifs is 15. The van der Waals surface area contributed by atoms with Crippen LogP contribution in [0.15, 0.2) is 382 Å². The molecular weight excluding hydrogens is 1450 g/mol. The van der Waals surface area contributed by atoms with Crippen molar-refractivity contribution < 1.29 is 0 Å². The Hall–Kier alpha value is -14.5. The second kappa shape index (κ2) is 27.6. The molecule has 576 valence electrons. The summed E-state index contributed by atoms with van der Waals surface area (Å²) < 4.78 is 7.53. The zero-order chi connectivity index (χ0) is 81.0. The molecule has 22 rings (SSSR count). The van der Waals surface area contributed by atoms with E-state index in [4.69, 9.17) is 0 Å². The van der Waals surface area contributed by atoms with Gasteiger partial charge in [0.25, 0.3) is 0 Å². The first kappa shape index (κ1) is 72.0. The third-order valence-corrected chi connectivity index (χ3v) is 25.3. The molecule has 6 heteroatoms. The lowest BCUT2D eigenvalue weighted by molar-refractivity contribution is 0.591. The summed E-state index contributed by atoms with van der Waals surface area (Å²) in [6.07, 6.45) is 0. The number of benzene rings is 19. The van der Waals surface area contributed by atoms with E-state index in [9.17, 15) is 0 Å². The predicted octanol–water partition coefficient (Wildman–Crippen LogP) is 32.2. The molecule has 6 nitrogen and oxygen atoms in total. The average molecular weight is 1540 g/mol. The summed E-state index contributed by atoms with van der Waals surface area (Å²) in [5.74, 6) is 0. The molecular formula is C114H90N6. The Morgan fingerprint density at radius 1 is 0.167 bits per heavy atom. The standard InChI is InChI=1S/C114H90N6/c1-112(2,3)79-52-58-106-94(64-79)97-70-82(55-61-109(97)118(106)103-49-25-37-76-31-13-19-43-91(76)103)115(100-46-22-34-73-28-10-16-40-88(73)100)85-67-86(116(101-47-23-35-74-29-11-17-41-89(74)101)83-56-62-110-98(71-83)95-65-80(113(4,5)6)53-59-107(95)119(110)104-50-26-38-77-32-14-20-44-92(77)104)69-87(68-85)117(102-48-24-36-75-30-12-18-42-90(75)102)84-57-63-111-99(72-84)96-66-81(114(7,8)9)54-60-108(96)120(111)105-51-27-39-78-33-15-21-45-93(78)105/h10-72H,1-9H3. The molecule has 0 aliphatic carbocycles. The van der Waals surface area contributed by atoms with Crippen molar-refractivity contribution in [2.45, 2.75) is 78.6 Å². The van der Waals surface area contributed by atoms with Crippen LogP contribution in [-0.2, 0) is 16.2 Å². The number of aromatic nitrogens is 3. The highest BCUT2D eigenvalue weighted by atomic mass is 15.2. The number of hydrogen-bond donors (Lipinski definition) is 0. The van der Waals surface area contributed by atoms with Crippen LogP contribution in [-0.4, -0.2) is 13.7 Å². The summed E-state index contributed by atoms with van der Waals surface area (Å²) in [6, 6.07) is 145. The van der Waals surface area contributed by atoms with Crippen molar-refractivity contribution in [2.75, 3.05) is 14.7 Å². The Kier molecular flexibility index (Phi) is 16.6. The van der Waals surface area contributed by atoms with Crippen molar-refractivity contribution in [1.29, 1.82) is 0 Å². The Morgan fingerprint density at radius 3 is 0.633 bits per heavy atom. The van der Waals surface area contributed by atoms with E-state index in [2.05, 4.69) is 473 Å². The molecule has 0 amide bonds. The van der Waals surface area contributed by atoms with E-state index in [-0.39, 0.29) is 16.2 Å². The van der Waals surface area contributed by atoms with E-state index >= 15 is 0 Å². The van der Waals surface area contributed by atoms with Crippen LogP contribution < -0.4 is 14.7 Å². The Labute approximate surface area is 699 Å². The van der Waals surface area contributed by atoms with Crippen molar-refractivity contribution in [3.8, 4) is 17.1 Å². The molecule has 0 spiro atoms. The zero-order valence-electron chi connectivity index (χ0n) is 69.1. The maximum Gasteiger partial charge on any atom is 0.0542 e. The van der Waals surface area contributed by atoms with Crippen molar-refractivity contribution >= 4 is 181 Å². The highest BCUT2D eigenvalue weighted by Gasteiger charge is 2.30. The molecule has 0 aliphatic rings. The molecule has 0 saturated carbocycles. The molecule has 0 atom stereocenters. The average Bonchev–Trinajstić information content (AvgIpc) is 1.49. The SMILES string of the molecule is CC(C)(C)c1ccc2c(c1)c1cc(N(c3cc(N(c4ccc5c(c4)c4cc(C(C)(C)C)ccc4n5-c4cccc5ccccc45)c4cccc5ccccc45)cc(N(c4ccc5c(c4)c4cc(C(C)(C)C)ccc4n5-c4cccc5ccccc45)c4cccc5ccccc45)c3)c3cccc4ccccc34)ccc1n2-c1cccc2ccccc12. The second-order valence-corrected chi connectivity index (χ2v) is 35.8. The van der Waals surface area contributed by atoms with Gasteiger partial charge in [-0.15, -0.1) is 0 Å². The summed E-state index contributed by atoms with van der Waals surface area (Å²) in [6.45, 7) is 21.0. The van der Waals surface area contributed by atoms with Crippen LogP contribution in [0.3, 0.4) is 0 Å². The second-order valence-electron chi connectivity index (χ2n) is 35.8. The highest BCUT2D eigenvalue weighted by Crippen LogP contribution is 2.53. The summed E-state index contributed by atoms with van der Waals surface area (Å²) in [5.41, 5.74) is 22.8. The maximum atomic E-state index is 2.57. The Bertz CT molecular complexity index is 7170. The van der Waals surface area contributed by atoms with Crippen molar-refractivity contribution in [1.82, 2.24) is 13.7 Å². The fourth-order valence-corrected chi connectivity index (χ4v) is 19.3. The molecule has 0 saturated heterocycles. The smallest absolute Gasteiger partial charge is 0.0542 e. The van der Waals surface area contributed by atoms with Gasteiger partial charge in [-0.25, -0.2) is 0 Å². The minimum Gasteiger partial charge on any atom is -0.310 e. The third kappa shape index (κ3) is 11.8. The summed E-state index contributed by atoms with van der Waals surface area (Å²) in [7, 11) is 0. The predicted molar refractivity (Wildman–Crippen MR) is 515 cm³/mol. The third-order valence-electron chi connectivity index (χ3n) is 25.3. The first-order valence-electron chi connectivity index (χ1n) is 42.1. The van der Waals surface area contributed by atoms with Crippen LogP contribution in [0.2, 0.25) is 0 Å². The van der Waals surface area contributed by atoms with Gasteiger partial charge >= 0.3 is 0 Å². The molecule has 0 unspecified atom stereocenters. The van der Waals surface area contributed by atoms with E-state index in [0.29, 0.717) is 0 Å². The van der Waals surface area contributed by atoms with Gasteiger partial charge in [-0.3, -0.25) is 0 Å². The Morgan fingerprint density at radius 2 is 0.375 bits per heavy atom. The largest absolute Gasteiger partial charge is 0.310 e. The van der Waals surface area contributed by atoms with E-state index in [1.807, 2.05) is 0 Å². The lowest BCUT2D eigenvalue weighted by atomic mass is 9.86. The molecule has 120 heavy (non-hydrogen) atoms. The summed E-state index contributed by atoms with van der Waals surface area (Å²) >= 11 is 0. The number of rotatable bonds is 12. The van der Waals surface area contributed by atoms with Gasteiger partial charge in [0.15, 0.2) is 0 Å². The molecule has 0 aliphatic heterocycles. The van der Waals surface area contributed by atoms with Crippen LogP contribution in [0.1, 0.15) is 79.0 Å². The molecule has 0 fully saturated rings. The van der Waals surface area contributed by atoms with Crippen molar-refractivity contribution in [2.24, 2.45) is 0 Å². The van der Waals surface area contributed by atoms with Gasteiger partial charge in [-0.05, 0) is 211 Å². The van der Waals surface area contributed by atoms with E-state index in [0.717, 1.165) is 150 Å². The summed E-state index contributed by atoms with van der Waals surface area (Å²) in [4.78, 5) is 7.70. The normalized spacial score (nSPS) is 12.4. The van der Waals surface area contributed by atoms with Gasteiger partial charge in [0.1, 0.15) is 0 Å². The first-order chi connectivity index (χ1) is 58.4. The zero-order valence-corrected chi connectivity index (χ0v) is 69.1.